The van der Waals surface area contributed by atoms with Crippen LogP contribution in [0.25, 0.3) is 6.08 Å². The van der Waals surface area contributed by atoms with Crippen LogP contribution in [0.15, 0.2) is 42.0 Å². The van der Waals surface area contributed by atoms with Crippen molar-refractivity contribution in [2.75, 3.05) is 11.8 Å². The number of halogens is 1. The third-order valence-electron chi connectivity index (χ3n) is 4.11. The molecule has 1 atom stereocenters. The van der Waals surface area contributed by atoms with E-state index in [9.17, 15) is 20.0 Å². The van der Waals surface area contributed by atoms with E-state index in [1.807, 2.05) is 0 Å². The standard InChI is InChI=1S/C17H12ClN3O6/c18-10-1-3-11(4-2-10)20-17(23)12(16(22)19-20)5-9-6-14-15(27-8-26-14)7-13(9)21(24)25/h1-7,16,19,22H,8H2/b12-5-. The lowest BCUT2D eigenvalue weighted by atomic mass is 10.1. The number of aliphatic hydroxyl groups excluding tert-OH is 1. The molecule has 0 aromatic heterocycles. The van der Waals surface area contributed by atoms with E-state index in [-0.39, 0.29) is 29.4 Å². The topological polar surface area (TPSA) is 114 Å². The summed E-state index contributed by atoms with van der Waals surface area (Å²) in [6.45, 7) is -0.0417. The van der Waals surface area contributed by atoms with Gasteiger partial charge in [-0.1, -0.05) is 11.6 Å². The largest absolute Gasteiger partial charge is 0.454 e. The molecule has 1 amide bonds. The number of anilines is 1. The molecule has 2 aliphatic heterocycles. The Balaban J connectivity index is 1.73. The van der Waals surface area contributed by atoms with Crippen molar-refractivity contribution in [3.05, 3.63) is 62.7 Å². The molecule has 10 heteroatoms. The molecule has 1 unspecified atom stereocenters. The van der Waals surface area contributed by atoms with E-state index in [1.165, 1.54) is 18.2 Å². The summed E-state index contributed by atoms with van der Waals surface area (Å²) in [7, 11) is 0. The molecule has 1 fully saturated rings. The average Bonchev–Trinajstić information content (AvgIpc) is 3.20. The van der Waals surface area contributed by atoms with E-state index in [0.717, 1.165) is 5.01 Å². The van der Waals surface area contributed by atoms with Crippen molar-refractivity contribution in [1.82, 2.24) is 5.43 Å². The lowest BCUT2D eigenvalue weighted by Crippen LogP contribution is -2.37. The molecular weight excluding hydrogens is 378 g/mol. The monoisotopic (exact) mass is 389 g/mol. The van der Waals surface area contributed by atoms with Gasteiger partial charge < -0.3 is 14.6 Å². The van der Waals surface area contributed by atoms with Crippen LogP contribution in [0.1, 0.15) is 5.56 Å². The number of carbonyl (C=O) groups is 1. The number of carbonyl (C=O) groups excluding carboxylic acids is 1. The average molecular weight is 390 g/mol. The van der Waals surface area contributed by atoms with Crippen molar-refractivity contribution in [3.8, 4) is 11.5 Å². The maximum atomic E-state index is 12.7. The van der Waals surface area contributed by atoms with Crippen molar-refractivity contribution < 1.29 is 24.3 Å². The summed E-state index contributed by atoms with van der Waals surface area (Å²) in [4.78, 5) is 23.5. The Kier molecular flexibility index (Phi) is 4.19. The number of nitro benzene ring substituents is 1. The summed E-state index contributed by atoms with van der Waals surface area (Å²) in [5, 5.41) is 23.2. The summed E-state index contributed by atoms with van der Waals surface area (Å²) in [6, 6.07) is 9.03. The molecule has 0 aliphatic carbocycles. The summed E-state index contributed by atoms with van der Waals surface area (Å²) >= 11 is 5.84. The Morgan fingerprint density at radius 3 is 2.59 bits per heavy atom. The predicted octanol–water partition coefficient (Wildman–Crippen LogP) is 2.23. The molecule has 0 spiro atoms. The van der Waals surface area contributed by atoms with Crippen LogP contribution in [0.4, 0.5) is 11.4 Å². The number of rotatable bonds is 3. The van der Waals surface area contributed by atoms with Gasteiger partial charge in [0.2, 0.25) is 6.79 Å². The molecule has 1 saturated heterocycles. The predicted molar refractivity (Wildman–Crippen MR) is 95.3 cm³/mol. The van der Waals surface area contributed by atoms with E-state index in [0.29, 0.717) is 16.5 Å². The third kappa shape index (κ3) is 3.08. The van der Waals surface area contributed by atoms with Crippen LogP contribution in [-0.2, 0) is 4.79 Å². The summed E-state index contributed by atoms with van der Waals surface area (Å²) < 4.78 is 10.4. The zero-order valence-electron chi connectivity index (χ0n) is 13.6. The van der Waals surface area contributed by atoms with Crippen LogP contribution >= 0.6 is 11.6 Å². The van der Waals surface area contributed by atoms with Crippen LogP contribution in [0.5, 0.6) is 11.5 Å². The highest BCUT2D eigenvalue weighted by atomic mass is 35.5. The van der Waals surface area contributed by atoms with Gasteiger partial charge in [-0.05, 0) is 36.4 Å². The quantitative estimate of drug-likeness (QED) is 0.470. The minimum atomic E-state index is -1.33. The van der Waals surface area contributed by atoms with Gasteiger partial charge in [0.1, 0.15) is 0 Å². The minimum Gasteiger partial charge on any atom is -0.454 e. The molecule has 27 heavy (non-hydrogen) atoms. The first-order valence-electron chi connectivity index (χ1n) is 7.78. The van der Waals surface area contributed by atoms with Crippen molar-refractivity contribution in [2.24, 2.45) is 0 Å². The summed E-state index contributed by atoms with van der Waals surface area (Å²) in [6.07, 6.45) is -0.0751. The van der Waals surface area contributed by atoms with Crippen LogP contribution < -0.4 is 19.9 Å². The van der Waals surface area contributed by atoms with Crippen molar-refractivity contribution in [2.45, 2.75) is 6.23 Å². The van der Waals surface area contributed by atoms with E-state index >= 15 is 0 Å². The molecule has 2 aliphatic rings. The fourth-order valence-electron chi connectivity index (χ4n) is 2.81. The Labute approximate surface area is 157 Å². The normalized spacial score (nSPS) is 19.8. The number of nitrogens with one attached hydrogen (secondary N) is 1. The van der Waals surface area contributed by atoms with Gasteiger partial charge in [-0.3, -0.25) is 14.9 Å². The molecule has 0 radical (unpaired) electrons. The lowest BCUT2D eigenvalue weighted by Gasteiger charge is -2.15. The fraction of sp³-hybridized carbons (Fsp3) is 0.118. The molecule has 2 aromatic carbocycles. The van der Waals surface area contributed by atoms with Gasteiger partial charge in [0, 0.05) is 5.02 Å². The van der Waals surface area contributed by atoms with E-state index in [4.69, 9.17) is 21.1 Å². The molecular formula is C17H12ClN3O6. The molecule has 2 heterocycles. The first kappa shape index (κ1) is 17.3. The first-order chi connectivity index (χ1) is 12.9. The second-order valence-electron chi connectivity index (χ2n) is 5.77. The van der Waals surface area contributed by atoms with Crippen molar-refractivity contribution in [3.63, 3.8) is 0 Å². The van der Waals surface area contributed by atoms with E-state index < -0.39 is 17.1 Å². The van der Waals surface area contributed by atoms with Crippen LogP contribution in [-0.4, -0.2) is 29.0 Å². The zero-order chi connectivity index (χ0) is 19.1. The van der Waals surface area contributed by atoms with Gasteiger partial charge >= 0.3 is 0 Å². The second-order valence-corrected chi connectivity index (χ2v) is 6.21. The molecule has 2 aromatic rings. The fourth-order valence-corrected chi connectivity index (χ4v) is 2.93. The Hall–Kier alpha value is -3.14. The third-order valence-corrected chi connectivity index (χ3v) is 4.36. The van der Waals surface area contributed by atoms with E-state index in [1.54, 1.807) is 24.3 Å². The summed E-state index contributed by atoms with van der Waals surface area (Å²) in [5.74, 6) is 0.0368. The second kappa shape index (κ2) is 6.54. The van der Waals surface area contributed by atoms with Gasteiger partial charge in [-0.25, -0.2) is 5.01 Å². The highest BCUT2D eigenvalue weighted by Gasteiger charge is 2.35. The Morgan fingerprint density at radius 2 is 1.93 bits per heavy atom. The van der Waals surface area contributed by atoms with Gasteiger partial charge in [-0.15, -0.1) is 0 Å². The number of aliphatic hydroxyl groups is 1. The number of amides is 1. The van der Waals surface area contributed by atoms with Gasteiger partial charge in [-0.2, -0.15) is 5.43 Å². The molecule has 0 bridgehead atoms. The SMILES string of the molecule is O=C1/C(=C\c2cc3c(cc2[N+](=O)[O-])OCO3)C(O)NN1c1ccc(Cl)cc1. The zero-order valence-corrected chi connectivity index (χ0v) is 14.3. The number of benzene rings is 2. The minimum absolute atomic E-state index is 0.0417. The molecule has 9 nitrogen and oxygen atoms in total. The van der Waals surface area contributed by atoms with Gasteiger partial charge in [0.25, 0.3) is 11.6 Å². The maximum absolute atomic E-state index is 12.7. The summed E-state index contributed by atoms with van der Waals surface area (Å²) in [5.41, 5.74) is 2.88. The maximum Gasteiger partial charge on any atom is 0.280 e. The van der Waals surface area contributed by atoms with Crippen LogP contribution in [0, 0.1) is 10.1 Å². The smallest absolute Gasteiger partial charge is 0.280 e. The Morgan fingerprint density at radius 1 is 1.26 bits per heavy atom. The number of hydrogen-bond acceptors (Lipinski definition) is 7. The number of fused-ring (bicyclic) bond motifs is 1. The van der Waals surface area contributed by atoms with Crippen molar-refractivity contribution in [1.29, 1.82) is 0 Å². The molecule has 2 N–H and O–H groups in total. The first-order valence-corrected chi connectivity index (χ1v) is 8.16. The van der Waals surface area contributed by atoms with Crippen LogP contribution in [0.2, 0.25) is 5.02 Å². The molecule has 0 saturated carbocycles. The van der Waals surface area contributed by atoms with Gasteiger partial charge in [0.15, 0.2) is 17.7 Å². The molecule has 138 valence electrons. The number of hydrazine groups is 1. The van der Waals surface area contributed by atoms with Crippen molar-refractivity contribution >= 4 is 35.0 Å². The number of ether oxygens (including phenoxy) is 2. The Bertz CT molecular complexity index is 975. The highest BCUT2D eigenvalue weighted by molar-refractivity contribution is 6.30. The molecule has 4 rings (SSSR count). The van der Waals surface area contributed by atoms with Crippen LogP contribution in [0.3, 0.4) is 0 Å². The number of nitrogens with zero attached hydrogens (tertiary/aromatic N) is 2. The highest BCUT2D eigenvalue weighted by Crippen LogP contribution is 2.39. The van der Waals surface area contributed by atoms with Gasteiger partial charge in [0.05, 0.1) is 27.8 Å². The van der Waals surface area contributed by atoms with E-state index in [2.05, 4.69) is 5.43 Å². The number of nitro groups is 1. The number of hydrogen-bond donors (Lipinski definition) is 2. The lowest BCUT2D eigenvalue weighted by molar-refractivity contribution is -0.385.